The van der Waals surface area contributed by atoms with Crippen molar-refractivity contribution in [1.29, 1.82) is 0 Å². The molecule has 1 aromatic rings. The molecule has 0 unspecified atom stereocenters. The second-order valence-corrected chi connectivity index (χ2v) is 8.65. The minimum Gasteiger partial charge on any atom is -0.378 e. The van der Waals surface area contributed by atoms with E-state index in [-0.39, 0.29) is 5.41 Å². The molecule has 2 rings (SSSR count). The lowest BCUT2D eigenvalue weighted by atomic mass is 9.82. The van der Waals surface area contributed by atoms with Crippen molar-refractivity contribution in [3.63, 3.8) is 0 Å². The van der Waals surface area contributed by atoms with Crippen LogP contribution < -0.4 is 15.5 Å². The number of morpholine rings is 1. The molecule has 0 radical (unpaired) electrons. The van der Waals surface area contributed by atoms with Crippen LogP contribution in [-0.4, -0.2) is 43.7 Å². The molecule has 2 N–H and O–H groups in total. The molecule has 6 heteroatoms. The Hall–Kier alpha value is -2.08. The van der Waals surface area contributed by atoms with Crippen molar-refractivity contribution in [3.8, 4) is 0 Å². The smallest absolute Gasteiger partial charge is 0.313 e. The molecule has 1 aliphatic heterocycles. The zero-order valence-electron chi connectivity index (χ0n) is 16.5. The molecule has 0 aromatic heterocycles. The van der Waals surface area contributed by atoms with Crippen molar-refractivity contribution < 1.29 is 14.3 Å². The summed E-state index contributed by atoms with van der Waals surface area (Å²) in [6.45, 7) is 13.0. The lowest BCUT2D eigenvalue weighted by Gasteiger charge is -2.33. The highest BCUT2D eigenvalue weighted by atomic mass is 16.5. The summed E-state index contributed by atoms with van der Waals surface area (Å²) >= 11 is 0. The van der Waals surface area contributed by atoms with Gasteiger partial charge in [0.1, 0.15) is 0 Å². The third-order valence-electron chi connectivity index (χ3n) is 4.13. The summed E-state index contributed by atoms with van der Waals surface area (Å²) in [6, 6.07) is 7.53. The molecule has 6 nitrogen and oxygen atoms in total. The van der Waals surface area contributed by atoms with Gasteiger partial charge in [-0.25, -0.2) is 0 Å². The largest absolute Gasteiger partial charge is 0.378 e. The standard InChI is InChI=1S/C20H31N3O3/c1-19(2,3)14-20(4,5)22-18(25)17(24)21-15-8-6-7-9-16(15)23-10-12-26-13-11-23/h6-9H,10-14H2,1-5H3,(H,21,24)(H,22,25). The number of para-hydroxylation sites is 2. The Bertz CT molecular complexity index is 644. The first-order valence-electron chi connectivity index (χ1n) is 9.13. The summed E-state index contributed by atoms with van der Waals surface area (Å²) in [7, 11) is 0. The molecule has 26 heavy (non-hydrogen) atoms. The fraction of sp³-hybridized carbons (Fsp3) is 0.600. The molecule has 0 atom stereocenters. The molecule has 1 saturated heterocycles. The van der Waals surface area contributed by atoms with Crippen LogP contribution in [0.2, 0.25) is 0 Å². The van der Waals surface area contributed by atoms with E-state index in [1.54, 1.807) is 0 Å². The van der Waals surface area contributed by atoms with Gasteiger partial charge in [0.05, 0.1) is 24.6 Å². The lowest BCUT2D eigenvalue weighted by molar-refractivity contribution is -0.137. The first-order valence-corrected chi connectivity index (χ1v) is 9.13. The highest BCUT2D eigenvalue weighted by Gasteiger charge is 2.29. The molecule has 144 valence electrons. The van der Waals surface area contributed by atoms with Crippen LogP contribution in [0.5, 0.6) is 0 Å². The van der Waals surface area contributed by atoms with Crippen molar-refractivity contribution in [2.45, 2.75) is 46.6 Å². The van der Waals surface area contributed by atoms with E-state index in [1.165, 1.54) is 0 Å². The normalized spacial score (nSPS) is 15.5. The van der Waals surface area contributed by atoms with Crippen molar-refractivity contribution in [2.24, 2.45) is 5.41 Å². The number of carbonyl (C=O) groups is 2. The molecule has 0 aliphatic carbocycles. The van der Waals surface area contributed by atoms with E-state index in [9.17, 15) is 9.59 Å². The summed E-state index contributed by atoms with van der Waals surface area (Å²) in [5.74, 6) is -1.26. The van der Waals surface area contributed by atoms with E-state index < -0.39 is 17.4 Å². The van der Waals surface area contributed by atoms with E-state index in [1.807, 2.05) is 38.1 Å². The van der Waals surface area contributed by atoms with Crippen LogP contribution in [0.15, 0.2) is 24.3 Å². The number of carbonyl (C=O) groups excluding carboxylic acids is 2. The van der Waals surface area contributed by atoms with Crippen LogP contribution in [0, 0.1) is 5.41 Å². The summed E-state index contributed by atoms with van der Waals surface area (Å²) in [6.07, 6.45) is 0.767. The second-order valence-electron chi connectivity index (χ2n) is 8.65. The number of amides is 2. The lowest BCUT2D eigenvalue weighted by Crippen LogP contribution is -2.49. The first-order chi connectivity index (χ1) is 12.1. The summed E-state index contributed by atoms with van der Waals surface area (Å²) in [4.78, 5) is 27.0. The highest BCUT2D eigenvalue weighted by Crippen LogP contribution is 2.28. The van der Waals surface area contributed by atoms with Crippen LogP contribution in [-0.2, 0) is 14.3 Å². The Balaban J connectivity index is 2.04. The van der Waals surface area contributed by atoms with Gasteiger partial charge in [0.2, 0.25) is 0 Å². The average Bonchev–Trinajstić information content (AvgIpc) is 2.53. The predicted octanol–water partition coefficient (Wildman–Crippen LogP) is 2.79. The second kappa shape index (κ2) is 8.08. The van der Waals surface area contributed by atoms with Gasteiger partial charge in [-0.05, 0) is 37.8 Å². The molecular weight excluding hydrogens is 330 g/mol. The summed E-state index contributed by atoms with van der Waals surface area (Å²) in [5, 5.41) is 5.61. The van der Waals surface area contributed by atoms with Gasteiger partial charge >= 0.3 is 11.8 Å². The molecule has 0 spiro atoms. The van der Waals surface area contributed by atoms with E-state index >= 15 is 0 Å². The number of nitrogens with zero attached hydrogens (tertiary/aromatic N) is 1. The van der Waals surface area contributed by atoms with Gasteiger partial charge in [0, 0.05) is 18.6 Å². The third kappa shape index (κ3) is 6.02. The zero-order valence-corrected chi connectivity index (χ0v) is 16.5. The molecular formula is C20H31N3O3. The Morgan fingerprint density at radius 3 is 2.27 bits per heavy atom. The molecule has 0 saturated carbocycles. The molecule has 1 aliphatic rings. The molecule has 1 fully saturated rings. The van der Waals surface area contributed by atoms with E-state index in [0.29, 0.717) is 18.9 Å². The van der Waals surface area contributed by atoms with Crippen molar-refractivity contribution >= 4 is 23.2 Å². The van der Waals surface area contributed by atoms with Crippen molar-refractivity contribution in [3.05, 3.63) is 24.3 Å². The van der Waals surface area contributed by atoms with Gasteiger partial charge in [0.15, 0.2) is 0 Å². The van der Waals surface area contributed by atoms with Gasteiger partial charge in [0.25, 0.3) is 0 Å². The van der Waals surface area contributed by atoms with Gasteiger partial charge < -0.3 is 20.3 Å². The topological polar surface area (TPSA) is 70.7 Å². The number of benzene rings is 1. The molecule has 2 amide bonds. The minimum absolute atomic E-state index is 0.0518. The van der Waals surface area contributed by atoms with E-state index in [0.717, 1.165) is 25.2 Å². The van der Waals surface area contributed by atoms with Crippen LogP contribution in [0.4, 0.5) is 11.4 Å². The summed E-state index contributed by atoms with van der Waals surface area (Å²) < 4.78 is 5.38. The fourth-order valence-electron chi connectivity index (χ4n) is 3.57. The fourth-order valence-corrected chi connectivity index (χ4v) is 3.57. The Morgan fingerprint density at radius 1 is 1.04 bits per heavy atom. The maximum absolute atomic E-state index is 12.4. The van der Waals surface area contributed by atoms with Gasteiger partial charge in [-0.3, -0.25) is 9.59 Å². The monoisotopic (exact) mass is 361 g/mol. The number of hydrogen-bond donors (Lipinski definition) is 2. The SMILES string of the molecule is CC(C)(C)CC(C)(C)NC(=O)C(=O)Nc1ccccc1N1CCOCC1. The van der Waals surface area contributed by atoms with Crippen LogP contribution in [0.3, 0.4) is 0 Å². The van der Waals surface area contributed by atoms with Gasteiger partial charge in [-0.2, -0.15) is 0 Å². The maximum atomic E-state index is 12.4. The van der Waals surface area contributed by atoms with Crippen molar-refractivity contribution in [1.82, 2.24) is 5.32 Å². The number of hydrogen-bond acceptors (Lipinski definition) is 4. The number of nitrogens with one attached hydrogen (secondary N) is 2. The average molecular weight is 361 g/mol. The van der Waals surface area contributed by atoms with Gasteiger partial charge in [-0.1, -0.05) is 32.9 Å². The molecule has 1 aromatic carbocycles. The quantitative estimate of drug-likeness (QED) is 0.809. The highest BCUT2D eigenvalue weighted by molar-refractivity contribution is 6.40. The van der Waals surface area contributed by atoms with Crippen LogP contribution in [0.1, 0.15) is 41.0 Å². The van der Waals surface area contributed by atoms with E-state index in [4.69, 9.17) is 4.74 Å². The Labute approximate surface area is 156 Å². The number of rotatable bonds is 4. The van der Waals surface area contributed by atoms with E-state index in [2.05, 4.69) is 36.3 Å². The van der Waals surface area contributed by atoms with Gasteiger partial charge in [-0.15, -0.1) is 0 Å². The molecule has 0 bridgehead atoms. The number of anilines is 2. The van der Waals surface area contributed by atoms with Crippen LogP contribution in [0.25, 0.3) is 0 Å². The Morgan fingerprint density at radius 2 is 1.65 bits per heavy atom. The number of ether oxygens (including phenoxy) is 1. The van der Waals surface area contributed by atoms with Crippen LogP contribution >= 0.6 is 0 Å². The first kappa shape index (κ1) is 20.2. The Kier molecular flexibility index (Phi) is 6.29. The minimum atomic E-state index is -0.646. The molecule has 1 heterocycles. The summed E-state index contributed by atoms with van der Waals surface area (Å²) in [5.41, 5.74) is 1.14. The van der Waals surface area contributed by atoms with Crippen molar-refractivity contribution in [2.75, 3.05) is 36.5 Å². The predicted molar refractivity (Wildman–Crippen MR) is 104 cm³/mol. The third-order valence-corrected chi connectivity index (χ3v) is 4.13. The zero-order chi connectivity index (χ0) is 19.4. The maximum Gasteiger partial charge on any atom is 0.313 e.